The van der Waals surface area contributed by atoms with Crippen LogP contribution < -0.4 is 11.1 Å². The molecule has 0 amide bonds. The van der Waals surface area contributed by atoms with E-state index in [4.69, 9.17) is 0 Å². The molecule has 6 nitrogen and oxygen atoms in total. The predicted molar refractivity (Wildman–Crippen MR) is 89.0 cm³/mol. The molecule has 0 saturated heterocycles. The van der Waals surface area contributed by atoms with E-state index >= 15 is 0 Å². The minimum Gasteiger partial charge on any atom is -0.268 e. The van der Waals surface area contributed by atoms with Crippen molar-refractivity contribution < 1.29 is 0 Å². The number of thioether (sulfide) groups is 1. The van der Waals surface area contributed by atoms with Gasteiger partial charge in [-0.3, -0.25) is 14.7 Å². The predicted octanol–water partition coefficient (Wildman–Crippen LogP) is 1.92. The van der Waals surface area contributed by atoms with Crippen molar-refractivity contribution in [3.8, 4) is 5.82 Å². The molecule has 0 aliphatic rings. The molecular formula is C16H14N4O2S. The second-order valence-corrected chi connectivity index (χ2v) is 5.85. The van der Waals surface area contributed by atoms with E-state index in [0.717, 1.165) is 21.7 Å². The SMILES string of the molecule is Cc1cc(-n2[nH]c(=O)ccc2=O)nc(SCc2ccccc2)n1. The minimum absolute atomic E-state index is 0.346. The Hall–Kier alpha value is -2.67. The Morgan fingerprint density at radius 1 is 1.09 bits per heavy atom. The Bertz CT molecular complexity index is 935. The Morgan fingerprint density at radius 3 is 2.65 bits per heavy atom. The molecule has 116 valence electrons. The van der Waals surface area contributed by atoms with Gasteiger partial charge >= 0.3 is 0 Å². The summed E-state index contributed by atoms with van der Waals surface area (Å²) in [4.78, 5) is 32.1. The molecular weight excluding hydrogens is 312 g/mol. The average Bonchev–Trinajstić information content (AvgIpc) is 2.56. The van der Waals surface area contributed by atoms with Crippen molar-refractivity contribution in [3.63, 3.8) is 0 Å². The highest BCUT2D eigenvalue weighted by Gasteiger charge is 2.07. The maximum Gasteiger partial charge on any atom is 0.271 e. The van der Waals surface area contributed by atoms with Crippen LogP contribution in [0.2, 0.25) is 0 Å². The van der Waals surface area contributed by atoms with Crippen molar-refractivity contribution in [1.82, 2.24) is 19.7 Å². The first-order chi connectivity index (χ1) is 11.1. The number of hydrogen-bond acceptors (Lipinski definition) is 5. The van der Waals surface area contributed by atoms with E-state index in [2.05, 4.69) is 15.1 Å². The third-order valence-electron chi connectivity index (χ3n) is 3.08. The number of rotatable bonds is 4. The zero-order valence-corrected chi connectivity index (χ0v) is 13.2. The molecule has 0 aliphatic heterocycles. The fourth-order valence-corrected chi connectivity index (χ4v) is 2.88. The van der Waals surface area contributed by atoms with Crippen LogP contribution in [0.3, 0.4) is 0 Å². The molecule has 2 heterocycles. The molecule has 3 aromatic rings. The molecule has 0 saturated carbocycles. The van der Waals surface area contributed by atoms with Crippen molar-refractivity contribution in [2.24, 2.45) is 0 Å². The molecule has 0 radical (unpaired) electrons. The van der Waals surface area contributed by atoms with E-state index in [0.29, 0.717) is 11.0 Å². The van der Waals surface area contributed by atoms with Gasteiger partial charge in [-0.25, -0.2) is 9.97 Å². The number of hydrogen-bond donors (Lipinski definition) is 1. The molecule has 0 atom stereocenters. The van der Waals surface area contributed by atoms with Gasteiger partial charge in [-0.15, -0.1) is 0 Å². The van der Waals surface area contributed by atoms with Gasteiger partial charge in [0.2, 0.25) is 0 Å². The van der Waals surface area contributed by atoms with E-state index in [9.17, 15) is 9.59 Å². The van der Waals surface area contributed by atoms with Gasteiger partial charge in [0.05, 0.1) is 0 Å². The quantitative estimate of drug-likeness (QED) is 0.585. The lowest BCUT2D eigenvalue weighted by atomic mass is 10.2. The van der Waals surface area contributed by atoms with Crippen LogP contribution in [0.1, 0.15) is 11.3 Å². The van der Waals surface area contributed by atoms with Crippen LogP contribution in [0.15, 0.2) is 63.3 Å². The summed E-state index contributed by atoms with van der Waals surface area (Å²) >= 11 is 1.48. The summed E-state index contributed by atoms with van der Waals surface area (Å²) in [6.45, 7) is 1.82. The van der Waals surface area contributed by atoms with Crippen molar-refractivity contribution in [2.75, 3.05) is 0 Å². The van der Waals surface area contributed by atoms with Crippen LogP contribution in [-0.4, -0.2) is 19.7 Å². The fraction of sp³-hybridized carbons (Fsp3) is 0.125. The van der Waals surface area contributed by atoms with E-state index in [-0.39, 0.29) is 11.1 Å². The third kappa shape index (κ3) is 3.75. The molecule has 0 spiro atoms. The third-order valence-corrected chi connectivity index (χ3v) is 4.00. The topological polar surface area (TPSA) is 80.6 Å². The molecule has 0 unspecified atom stereocenters. The maximum absolute atomic E-state index is 11.9. The van der Waals surface area contributed by atoms with Gasteiger partial charge in [0.1, 0.15) is 0 Å². The van der Waals surface area contributed by atoms with Crippen LogP contribution >= 0.6 is 11.8 Å². The van der Waals surface area contributed by atoms with E-state index < -0.39 is 0 Å². The fourth-order valence-electron chi connectivity index (χ4n) is 2.02. The van der Waals surface area contributed by atoms with Crippen LogP contribution in [-0.2, 0) is 5.75 Å². The Labute approximate surface area is 136 Å². The Balaban J connectivity index is 1.92. The smallest absolute Gasteiger partial charge is 0.268 e. The van der Waals surface area contributed by atoms with Crippen LogP contribution in [0.25, 0.3) is 5.82 Å². The van der Waals surface area contributed by atoms with Gasteiger partial charge in [-0.05, 0) is 12.5 Å². The van der Waals surface area contributed by atoms with Gasteiger partial charge in [-0.2, -0.15) is 4.68 Å². The standard InChI is InChI=1S/C16H14N4O2S/c1-11-9-13(20-15(22)8-7-14(21)19-20)18-16(17-11)23-10-12-5-3-2-4-6-12/h2-9H,10H2,1H3,(H,19,21). The maximum atomic E-state index is 11.9. The first-order valence-corrected chi connectivity index (χ1v) is 7.95. The number of benzene rings is 1. The first-order valence-electron chi connectivity index (χ1n) is 6.97. The lowest BCUT2D eigenvalue weighted by Crippen LogP contribution is -2.27. The van der Waals surface area contributed by atoms with Crippen molar-refractivity contribution in [2.45, 2.75) is 17.8 Å². The number of aromatic nitrogens is 4. The minimum atomic E-state index is -0.362. The average molecular weight is 326 g/mol. The Morgan fingerprint density at radius 2 is 1.87 bits per heavy atom. The van der Waals surface area contributed by atoms with E-state index in [1.54, 1.807) is 6.07 Å². The molecule has 1 aromatic carbocycles. The molecule has 0 aliphatic carbocycles. The molecule has 0 bridgehead atoms. The summed E-state index contributed by atoms with van der Waals surface area (Å²) in [6, 6.07) is 14.0. The van der Waals surface area contributed by atoms with E-state index in [1.807, 2.05) is 37.3 Å². The van der Waals surface area contributed by atoms with E-state index in [1.165, 1.54) is 23.9 Å². The molecule has 7 heteroatoms. The molecule has 0 fully saturated rings. The second kappa shape index (κ2) is 6.62. The van der Waals surface area contributed by atoms with Crippen molar-refractivity contribution in [1.29, 1.82) is 0 Å². The summed E-state index contributed by atoms with van der Waals surface area (Å²) in [5, 5.41) is 3.03. The van der Waals surface area contributed by atoms with Gasteiger partial charge < -0.3 is 0 Å². The lowest BCUT2D eigenvalue weighted by Gasteiger charge is -2.07. The summed E-state index contributed by atoms with van der Waals surface area (Å²) in [5.41, 5.74) is 1.18. The van der Waals surface area contributed by atoms with Crippen molar-refractivity contribution in [3.05, 3.63) is 80.5 Å². The first kappa shape index (κ1) is 15.2. The zero-order valence-electron chi connectivity index (χ0n) is 12.4. The normalized spacial score (nSPS) is 10.7. The van der Waals surface area contributed by atoms with Gasteiger partial charge in [-0.1, -0.05) is 42.1 Å². The van der Waals surface area contributed by atoms with Crippen LogP contribution in [0.4, 0.5) is 0 Å². The van der Waals surface area contributed by atoms with Crippen LogP contribution in [0, 0.1) is 6.92 Å². The number of nitrogens with one attached hydrogen (secondary N) is 1. The number of aromatic amines is 1. The second-order valence-electron chi connectivity index (χ2n) is 4.91. The van der Waals surface area contributed by atoms with Crippen molar-refractivity contribution >= 4 is 11.8 Å². The number of nitrogens with zero attached hydrogens (tertiary/aromatic N) is 3. The summed E-state index contributed by atoms with van der Waals surface area (Å²) in [7, 11) is 0. The summed E-state index contributed by atoms with van der Waals surface area (Å²) < 4.78 is 1.13. The zero-order chi connectivity index (χ0) is 16.2. The van der Waals surface area contributed by atoms with Gasteiger partial charge in [0, 0.05) is 29.6 Å². The monoisotopic (exact) mass is 326 g/mol. The lowest BCUT2D eigenvalue weighted by molar-refractivity contribution is 0.737. The molecule has 3 rings (SSSR count). The molecule has 1 N–H and O–H groups in total. The highest BCUT2D eigenvalue weighted by Crippen LogP contribution is 2.20. The molecule has 2 aromatic heterocycles. The largest absolute Gasteiger partial charge is 0.271 e. The Kier molecular flexibility index (Phi) is 4.38. The van der Waals surface area contributed by atoms with Crippen LogP contribution in [0.5, 0.6) is 0 Å². The number of aryl methyl sites for hydroxylation is 1. The van der Waals surface area contributed by atoms with Gasteiger partial charge in [0.15, 0.2) is 11.0 Å². The van der Waals surface area contributed by atoms with Gasteiger partial charge in [0.25, 0.3) is 11.1 Å². The highest BCUT2D eigenvalue weighted by molar-refractivity contribution is 7.98. The number of H-pyrrole nitrogens is 1. The summed E-state index contributed by atoms with van der Waals surface area (Å²) in [6.07, 6.45) is 0. The highest BCUT2D eigenvalue weighted by atomic mass is 32.2. The molecule has 23 heavy (non-hydrogen) atoms. The summed E-state index contributed by atoms with van der Waals surface area (Å²) in [5.74, 6) is 1.08.